The number of amidine groups is 3. The van der Waals surface area contributed by atoms with E-state index in [4.69, 9.17) is 23.2 Å². The summed E-state index contributed by atoms with van der Waals surface area (Å²) in [5.41, 5.74) is 0. The lowest BCUT2D eigenvalue weighted by Crippen LogP contribution is -2.26. The fourth-order valence-electron chi connectivity index (χ4n) is 1.00. The van der Waals surface area contributed by atoms with Crippen molar-refractivity contribution >= 4 is 45.3 Å². The zero-order valence-corrected chi connectivity index (χ0v) is 7.63. The van der Waals surface area contributed by atoms with Crippen molar-refractivity contribution in [2.75, 3.05) is 0 Å². The summed E-state index contributed by atoms with van der Waals surface area (Å²) >= 11 is 11.4. The van der Waals surface area contributed by atoms with Crippen LogP contribution in [-0.4, -0.2) is 28.2 Å². The van der Waals surface area contributed by atoms with Gasteiger partial charge in [0.15, 0.2) is 11.9 Å². The van der Waals surface area contributed by atoms with E-state index in [1.54, 1.807) is 6.92 Å². The van der Waals surface area contributed by atoms with Crippen LogP contribution < -0.4 is 0 Å². The maximum atomic E-state index is 5.80. The highest BCUT2D eigenvalue weighted by molar-refractivity contribution is 6.72. The molecule has 0 fully saturated rings. The molecule has 0 radical (unpaired) electrons. The second kappa shape index (κ2) is 2.64. The van der Waals surface area contributed by atoms with E-state index in [2.05, 4.69) is 20.0 Å². The van der Waals surface area contributed by atoms with Crippen LogP contribution in [-0.2, 0) is 0 Å². The van der Waals surface area contributed by atoms with E-state index in [9.17, 15) is 0 Å². The fourth-order valence-corrected chi connectivity index (χ4v) is 1.45. The molecule has 0 aromatic heterocycles. The summed E-state index contributed by atoms with van der Waals surface area (Å²) in [5, 5.41) is 0.554. The highest BCUT2D eigenvalue weighted by Gasteiger charge is 2.28. The number of halogens is 2. The molecule has 0 spiro atoms. The normalized spacial score (nSPS) is 27.1. The molecule has 2 heterocycles. The summed E-state index contributed by atoms with van der Waals surface area (Å²) in [6, 6.07) is -0.372. The Morgan fingerprint density at radius 1 is 1.17 bits per heavy atom. The molecule has 4 nitrogen and oxygen atoms in total. The minimum absolute atomic E-state index is 0.182. The minimum atomic E-state index is -0.372. The van der Waals surface area contributed by atoms with Gasteiger partial charge >= 0.3 is 0 Å². The summed E-state index contributed by atoms with van der Waals surface area (Å²) in [4.78, 5) is 15.8. The van der Waals surface area contributed by atoms with Gasteiger partial charge in [0.2, 0.25) is 5.29 Å². The van der Waals surface area contributed by atoms with Crippen LogP contribution in [0, 0.1) is 0 Å². The number of hydrogen-bond donors (Lipinski definition) is 0. The lowest BCUT2D eigenvalue weighted by molar-refractivity contribution is 1.15. The first-order chi connectivity index (χ1) is 5.66. The van der Waals surface area contributed by atoms with E-state index in [0.29, 0.717) is 16.8 Å². The quantitative estimate of drug-likeness (QED) is 0.534. The molecule has 0 aliphatic carbocycles. The predicted molar refractivity (Wildman–Crippen MR) is 50.9 cm³/mol. The Balaban J connectivity index is 2.46. The van der Waals surface area contributed by atoms with Gasteiger partial charge in [-0.3, -0.25) is 0 Å². The number of aliphatic imine (C=N–C) groups is 4. The average molecular weight is 203 g/mol. The molecule has 2 aliphatic heterocycles. The predicted octanol–water partition coefficient (Wildman–Crippen LogP) is 1.43. The lowest BCUT2D eigenvalue weighted by atomic mass is 10.3. The van der Waals surface area contributed by atoms with Crippen molar-refractivity contribution in [3.8, 4) is 0 Å². The highest BCUT2D eigenvalue weighted by atomic mass is 35.5. The Bertz CT molecular complexity index is 350. The summed E-state index contributed by atoms with van der Waals surface area (Å²) in [6.45, 7) is 1.74. The van der Waals surface area contributed by atoms with Gasteiger partial charge in [0.05, 0.1) is 0 Å². The van der Waals surface area contributed by atoms with E-state index in [0.717, 1.165) is 0 Å². The summed E-state index contributed by atoms with van der Waals surface area (Å²) < 4.78 is 0. The fraction of sp³-hybridized carbons (Fsp3) is 0.333. The van der Waals surface area contributed by atoms with Crippen molar-refractivity contribution in [3.63, 3.8) is 0 Å². The maximum absolute atomic E-state index is 5.80. The highest BCUT2D eigenvalue weighted by Crippen LogP contribution is 2.17. The summed E-state index contributed by atoms with van der Waals surface area (Å²) in [7, 11) is 0. The molecular weight excluding hydrogens is 199 g/mol. The van der Waals surface area contributed by atoms with Gasteiger partial charge in [0.25, 0.3) is 0 Å². The molecule has 1 atom stereocenters. The molecule has 62 valence electrons. The van der Waals surface area contributed by atoms with Gasteiger partial charge < -0.3 is 0 Å². The Hall–Kier alpha value is -0.740. The van der Waals surface area contributed by atoms with Crippen molar-refractivity contribution in [1.29, 1.82) is 0 Å². The first-order valence-electron chi connectivity index (χ1n) is 3.28. The molecule has 0 saturated carbocycles. The van der Waals surface area contributed by atoms with Gasteiger partial charge in [-0.2, -0.15) is 0 Å². The Morgan fingerprint density at radius 3 is 2.67 bits per heavy atom. The zero-order valence-electron chi connectivity index (χ0n) is 6.12. The second-order valence-electron chi connectivity index (χ2n) is 2.36. The van der Waals surface area contributed by atoms with Crippen LogP contribution in [0.25, 0.3) is 0 Å². The largest absolute Gasteiger partial charge is 0.237 e. The second-order valence-corrected chi connectivity index (χ2v) is 3.09. The van der Waals surface area contributed by atoms with Crippen molar-refractivity contribution in [2.24, 2.45) is 20.0 Å². The third-order valence-corrected chi connectivity index (χ3v) is 1.93. The molecule has 1 unspecified atom stereocenters. The van der Waals surface area contributed by atoms with Crippen LogP contribution in [0.4, 0.5) is 0 Å². The molecule has 0 N–H and O–H groups in total. The number of fused-ring (bicyclic) bond motifs is 1. The number of rotatable bonds is 0. The summed E-state index contributed by atoms with van der Waals surface area (Å²) in [6.07, 6.45) is 0. The van der Waals surface area contributed by atoms with Crippen molar-refractivity contribution in [1.82, 2.24) is 0 Å². The third-order valence-electron chi connectivity index (χ3n) is 1.46. The van der Waals surface area contributed by atoms with Gasteiger partial charge in [-0.1, -0.05) is 11.6 Å². The third kappa shape index (κ3) is 1.17. The molecule has 0 bridgehead atoms. The lowest BCUT2D eigenvalue weighted by Gasteiger charge is -2.09. The van der Waals surface area contributed by atoms with E-state index < -0.39 is 0 Å². The number of hydrogen-bond acceptors (Lipinski definition) is 4. The first kappa shape index (κ1) is 7.89. The van der Waals surface area contributed by atoms with Crippen LogP contribution in [0.1, 0.15) is 6.92 Å². The molecule has 0 aromatic carbocycles. The average Bonchev–Trinajstić information content (AvgIpc) is 2.29. The molecule has 2 rings (SSSR count). The van der Waals surface area contributed by atoms with Crippen LogP contribution in [0.5, 0.6) is 0 Å². The smallest absolute Gasteiger partial charge is 0.220 e. The van der Waals surface area contributed by atoms with Crippen LogP contribution in [0.2, 0.25) is 0 Å². The SMILES string of the molecule is CC1=NC2=NC(Cl)=NC2C(Cl)=N1. The van der Waals surface area contributed by atoms with E-state index >= 15 is 0 Å². The van der Waals surface area contributed by atoms with E-state index in [1.165, 1.54) is 0 Å². The Labute approximate surface area is 78.7 Å². The molecule has 0 aromatic rings. The van der Waals surface area contributed by atoms with Crippen LogP contribution >= 0.6 is 23.2 Å². The summed E-state index contributed by atoms with van der Waals surface area (Å²) in [5.74, 6) is 1.11. The van der Waals surface area contributed by atoms with Crippen molar-refractivity contribution in [2.45, 2.75) is 13.0 Å². The van der Waals surface area contributed by atoms with Crippen molar-refractivity contribution in [3.05, 3.63) is 0 Å². The molecule has 6 heteroatoms. The van der Waals surface area contributed by atoms with Gasteiger partial charge in [0, 0.05) is 0 Å². The van der Waals surface area contributed by atoms with Crippen LogP contribution in [0.15, 0.2) is 20.0 Å². The van der Waals surface area contributed by atoms with Crippen molar-refractivity contribution < 1.29 is 0 Å². The van der Waals surface area contributed by atoms with E-state index in [1.807, 2.05) is 0 Å². The topological polar surface area (TPSA) is 49.4 Å². The van der Waals surface area contributed by atoms with Gasteiger partial charge in [-0.15, -0.1) is 0 Å². The van der Waals surface area contributed by atoms with Gasteiger partial charge in [0.1, 0.15) is 11.0 Å². The first-order valence-corrected chi connectivity index (χ1v) is 4.03. The Morgan fingerprint density at radius 2 is 1.92 bits per heavy atom. The molecule has 0 saturated heterocycles. The minimum Gasteiger partial charge on any atom is -0.237 e. The zero-order chi connectivity index (χ0) is 8.72. The molecular formula is C6H4Cl2N4. The number of nitrogens with zero attached hydrogens (tertiary/aromatic N) is 4. The molecule has 12 heavy (non-hydrogen) atoms. The maximum Gasteiger partial charge on any atom is 0.220 e. The van der Waals surface area contributed by atoms with Crippen LogP contribution in [0.3, 0.4) is 0 Å². The monoisotopic (exact) mass is 202 g/mol. The van der Waals surface area contributed by atoms with Gasteiger partial charge in [-0.25, -0.2) is 20.0 Å². The standard InChI is InChI=1S/C6H4Cl2N4/c1-2-9-4(7)3-5(10-2)12-6(8)11-3/h3H,1H3. The van der Waals surface area contributed by atoms with Gasteiger partial charge in [-0.05, 0) is 18.5 Å². The Kier molecular flexibility index (Phi) is 1.73. The molecule has 2 aliphatic rings. The van der Waals surface area contributed by atoms with E-state index in [-0.39, 0.29) is 11.3 Å². The molecule has 0 amide bonds.